The van der Waals surface area contributed by atoms with E-state index >= 15 is 0 Å². The van der Waals surface area contributed by atoms with Crippen LogP contribution in [0.4, 0.5) is 0 Å². The fourth-order valence-corrected chi connectivity index (χ4v) is 1.79. The molecule has 0 aromatic rings. The van der Waals surface area contributed by atoms with Gasteiger partial charge in [0.05, 0.1) is 53.4 Å². The lowest BCUT2D eigenvalue weighted by atomic mass is 9.89. The van der Waals surface area contributed by atoms with Gasteiger partial charge in [0.15, 0.2) is 0 Å². The SMILES string of the molecule is CC(C)(CCCCC(C)(C)[N+](C)(C)C)[N+](C)(C)C.[I-].[I-]. The molecule has 0 amide bonds. The summed E-state index contributed by atoms with van der Waals surface area (Å²) < 4.78 is 2.09. The molecule has 0 aromatic carbocycles. The second kappa shape index (κ2) is 8.87. The number of halogens is 2. The summed E-state index contributed by atoms with van der Waals surface area (Å²) in [5, 5.41) is 0. The van der Waals surface area contributed by atoms with E-state index in [1.807, 2.05) is 0 Å². The predicted octanol–water partition coefficient (Wildman–Crippen LogP) is -2.48. The lowest BCUT2D eigenvalue weighted by molar-refractivity contribution is -0.921. The molecule has 0 aliphatic heterocycles. The third-order valence-corrected chi connectivity index (χ3v) is 5.46. The van der Waals surface area contributed by atoms with E-state index in [9.17, 15) is 0 Å². The van der Waals surface area contributed by atoms with E-state index in [-0.39, 0.29) is 48.0 Å². The summed E-state index contributed by atoms with van der Waals surface area (Å²) in [6, 6.07) is 0. The third-order valence-electron chi connectivity index (χ3n) is 5.46. The van der Waals surface area contributed by atoms with Gasteiger partial charge in [0.2, 0.25) is 0 Å². The summed E-state index contributed by atoms with van der Waals surface area (Å²) in [5.41, 5.74) is 0.751. The molecule has 4 heteroatoms. The van der Waals surface area contributed by atoms with Crippen LogP contribution in [0.15, 0.2) is 0 Å². The zero-order valence-electron chi connectivity index (χ0n) is 15.5. The fourth-order valence-electron chi connectivity index (χ4n) is 1.79. The molecule has 0 radical (unpaired) electrons. The first-order chi connectivity index (χ1) is 7.71. The summed E-state index contributed by atoms with van der Waals surface area (Å²) >= 11 is 0. The Hall–Kier alpha value is 1.38. The van der Waals surface area contributed by atoms with Gasteiger partial charge in [0, 0.05) is 12.8 Å². The van der Waals surface area contributed by atoms with Gasteiger partial charge in [0.1, 0.15) is 0 Å². The normalized spacial score (nSPS) is 13.5. The predicted molar refractivity (Wildman–Crippen MR) is 82.7 cm³/mol. The molecule has 0 spiro atoms. The number of quaternary nitrogens is 2. The van der Waals surface area contributed by atoms with E-state index < -0.39 is 0 Å². The number of nitrogens with zero attached hydrogens (tertiary/aromatic N) is 2. The molecule has 0 aliphatic rings. The Morgan fingerprint density at radius 2 is 0.750 bits per heavy atom. The highest BCUT2D eigenvalue weighted by Gasteiger charge is 2.34. The molecule has 0 aromatic heterocycles. The highest BCUT2D eigenvalue weighted by Crippen LogP contribution is 2.28. The van der Waals surface area contributed by atoms with Crippen LogP contribution >= 0.6 is 0 Å². The summed E-state index contributed by atoms with van der Waals surface area (Å²) in [6.07, 6.45) is 5.30. The van der Waals surface area contributed by atoms with Crippen LogP contribution in [-0.2, 0) is 0 Å². The second-order valence-corrected chi connectivity index (χ2v) is 8.86. The molecule has 0 atom stereocenters. The molecule has 0 heterocycles. The smallest absolute Gasteiger partial charge is 0.0929 e. The van der Waals surface area contributed by atoms with Gasteiger partial charge < -0.3 is 56.9 Å². The minimum absolute atomic E-state index is 0. The minimum atomic E-state index is 0. The van der Waals surface area contributed by atoms with Crippen molar-refractivity contribution >= 4 is 0 Å². The summed E-state index contributed by atoms with van der Waals surface area (Å²) in [6.45, 7) is 9.55. The van der Waals surface area contributed by atoms with Crippen molar-refractivity contribution < 1.29 is 56.9 Å². The molecular weight excluding hydrogens is 474 g/mol. The number of hydrogen-bond acceptors (Lipinski definition) is 0. The summed E-state index contributed by atoms with van der Waals surface area (Å²) in [4.78, 5) is 0. The van der Waals surface area contributed by atoms with Crippen molar-refractivity contribution in [2.45, 2.75) is 64.5 Å². The first-order valence-electron chi connectivity index (χ1n) is 7.34. The maximum Gasteiger partial charge on any atom is 0.0929 e. The van der Waals surface area contributed by atoms with Gasteiger partial charge in [-0.1, -0.05) is 0 Å². The zero-order chi connectivity index (χ0) is 14.8. The van der Waals surface area contributed by atoms with Crippen molar-refractivity contribution in [3.05, 3.63) is 0 Å². The van der Waals surface area contributed by atoms with Gasteiger partial charge in [-0.2, -0.15) is 0 Å². The van der Waals surface area contributed by atoms with Crippen LogP contribution in [0.2, 0.25) is 0 Å². The van der Waals surface area contributed by atoms with Crippen LogP contribution in [-0.4, -0.2) is 62.3 Å². The number of unbranched alkanes of at least 4 members (excludes halogenated alkanes) is 1. The van der Waals surface area contributed by atoms with Crippen LogP contribution in [0.25, 0.3) is 0 Å². The lowest BCUT2D eigenvalue weighted by Gasteiger charge is -2.43. The standard InChI is InChI=1S/C16H38N2.2HI/c1-15(2,17(5,6)7)13-11-12-14-16(3,4)18(8,9)10;;/h11-14H2,1-10H3;2*1H/q+2;;/p-2. The molecule has 0 N–H and O–H groups in total. The topological polar surface area (TPSA) is 0 Å². The molecule has 0 saturated carbocycles. The van der Waals surface area contributed by atoms with Gasteiger partial charge in [0.25, 0.3) is 0 Å². The van der Waals surface area contributed by atoms with Gasteiger partial charge in [-0.05, 0) is 40.5 Å². The van der Waals surface area contributed by atoms with Crippen LogP contribution < -0.4 is 48.0 Å². The maximum absolute atomic E-state index is 2.39. The highest BCUT2D eigenvalue weighted by atomic mass is 127. The molecular formula is C16H38I2N2. The molecule has 0 fully saturated rings. The first-order valence-corrected chi connectivity index (χ1v) is 7.34. The molecule has 0 bridgehead atoms. The minimum Gasteiger partial charge on any atom is -1.00 e. The van der Waals surface area contributed by atoms with Crippen molar-refractivity contribution in [1.82, 2.24) is 0 Å². The first kappa shape index (κ1) is 26.3. The summed E-state index contributed by atoms with van der Waals surface area (Å²) in [5.74, 6) is 0. The van der Waals surface area contributed by atoms with Crippen LogP contribution in [0.1, 0.15) is 53.4 Å². The van der Waals surface area contributed by atoms with Crippen LogP contribution in [0.5, 0.6) is 0 Å². The zero-order valence-corrected chi connectivity index (χ0v) is 19.8. The van der Waals surface area contributed by atoms with Crippen molar-refractivity contribution in [3.8, 4) is 0 Å². The molecule has 0 rings (SSSR count). The van der Waals surface area contributed by atoms with Crippen molar-refractivity contribution in [2.75, 3.05) is 42.3 Å². The quantitative estimate of drug-likeness (QED) is 0.202. The Morgan fingerprint density at radius 1 is 0.550 bits per heavy atom. The molecule has 126 valence electrons. The second-order valence-electron chi connectivity index (χ2n) is 8.86. The maximum atomic E-state index is 2.39. The molecule has 20 heavy (non-hydrogen) atoms. The van der Waals surface area contributed by atoms with E-state index in [1.165, 1.54) is 25.7 Å². The van der Waals surface area contributed by atoms with E-state index in [0.29, 0.717) is 11.1 Å². The number of rotatable bonds is 7. The Kier molecular flexibility index (Phi) is 11.7. The van der Waals surface area contributed by atoms with Crippen LogP contribution in [0.3, 0.4) is 0 Å². The fraction of sp³-hybridized carbons (Fsp3) is 1.00. The van der Waals surface area contributed by atoms with Gasteiger partial charge in [-0.15, -0.1) is 0 Å². The highest BCUT2D eigenvalue weighted by molar-refractivity contribution is 4.72. The lowest BCUT2D eigenvalue weighted by Crippen LogP contribution is -3.00. The van der Waals surface area contributed by atoms with E-state index in [1.54, 1.807) is 0 Å². The molecule has 0 aliphatic carbocycles. The van der Waals surface area contributed by atoms with Crippen molar-refractivity contribution in [1.29, 1.82) is 0 Å². The van der Waals surface area contributed by atoms with Gasteiger partial charge >= 0.3 is 0 Å². The Labute approximate surface area is 162 Å². The molecule has 0 saturated heterocycles. The van der Waals surface area contributed by atoms with Gasteiger partial charge in [-0.25, -0.2) is 0 Å². The molecule has 0 unspecified atom stereocenters. The Morgan fingerprint density at radius 3 is 0.900 bits per heavy atom. The number of hydrogen-bond donors (Lipinski definition) is 0. The average molecular weight is 512 g/mol. The van der Waals surface area contributed by atoms with E-state index in [0.717, 1.165) is 8.97 Å². The van der Waals surface area contributed by atoms with E-state index in [2.05, 4.69) is 70.0 Å². The summed E-state index contributed by atoms with van der Waals surface area (Å²) in [7, 11) is 13.8. The van der Waals surface area contributed by atoms with Gasteiger partial charge in [-0.3, -0.25) is 0 Å². The van der Waals surface area contributed by atoms with E-state index in [4.69, 9.17) is 0 Å². The Bertz CT molecular complexity index is 233. The third kappa shape index (κ3) is 8.13. The average Bonchev–Trinajstić information content (AvgIpc) is 2.08. The largest absolute Gasteiger partial charge is 1.00 e. The van der Waals surface area contributed by atoms with Crippen molar-refractivity contribution in [3.63, 3.8) is 0 Å². The van der Waals surface area contributed by atoms with Crippen molar-refractivity contribution in [2.24, 2.45) is 0 Å². The molecule has 2 nitrogen and oxygen atoms in total. The monoisotopic (exact) mass is 512 g/mol. The Balaban J connectivity index is -0.00000144. The van der Waals surface area contributed by atoms with Crippen LogP contribution in [0, 0.1) is 0 Å².